The third-order valence-electron chi connectivity index (χ3n) is 17.3. The Morgan fingerprint density at radius 1 is 0.235 bits per heavy atom. The fourth-order valence-electron chi connectivity index (χ4n) is 11.7. The van der Waals surface area contributed by atoms with Gasteiger partial charge >= 0.3 is 17.9 Å². The number of carbonyl (C=O) groups excluding carboxylic acids is 3. The maximum atomic E-state index is 12.9. The first-order chi connectivity index (χ1) is 40.0. The summed E-state index contributed by atoms with van der Waals surface area (Å²) in [6, 6.07) is 0. The fourth-order valence-corrected chi connectivity index (χ4v) is 11.7. The second kappa shape index (κ2) is 70.6. The first-order valence-corrected chi connectivity index (χ1v) is 37.2. The van der Waals surface area contributed by atoms with Gasteiger partial charge in [0, 0.05) is 19.3 Å². The van der Waals surface area contributed by atoms with Gasteiger partial charge in [0.2, 0.25) is 0 Å². The maximum Gasteiger partial charge on any atom is 0.306 e. The molecular formula is C75H144O6. The molecule has 6 nitrogen and oxygen atoms in total. The Labute approximate surface area is 507 Å². The fraction of sp³-hybridized carbons (Fsp3) is 0.933. The minimum absolute atomic E-state index is 0.0660. The van der Waals surface area contributed by atoms with E-state index < -0.39 is 6.10 Å². The van der Waals surface area contributed by atoms with Crippen LogP contribution in [0.25, 0.3) is 0 Å². The molecule has 0 N–H and O–H groups in total. The Morgan fingerprint density at radius 3 is 0.667 bits per heavy atom. The molecule has 480 valence electrons. The van der Waals surface area contributed by atoms with Gasteiger partial charge in [-0.25, -0.2) is 0 Å². The summed E-state index contributed by atoms with van der Waals surface area (Å²) in [5.74, 6) is -0.843. The molecule has 1 atom stereocenters. The van der Waals surface area contributed by atoms with E-state index in [0.717, 1.165) is 70.6 Å². The first kappa shape index (κ1) is 79.2. The highest BCUT2D eigenvalue weighted by atomic mass is 16.6. The molecule has 0 aliphatic heterocycles. The summed E-state index contributed by atoms with van der Waals surface area (Å²) in [6.45, 7) is 6.66. The molecule has 0 amide bonds. The van der Waals surface area contributed by atoms with Crippen LogP contribution in [-0.4, -0.2) is 37.2 Å². The molecule has 0 bridgehead atoms. The van der Waals surface area contributed by atoms with E-state index in [1.165, 1.54) is 321 Å². The third-order valence-corrected chi connectivity index (χ3v) is 17.3. The van der Waals surface area contributed by atoms with Crippen LogP contribution in [0.1, 0.15) is 432 Å². The van der Waals surface area contributed by atoms with Crippen molar-refractivity contribution in [2.75, 3.05) is 13.2 Å². The average Bonchev–Trinajstić information content (AvgIpc) is 3.47. The van der Waals surface area contributed by atoms with Gasteiger partial charge in [-0.05, 0) is 38.5 Å². The molecule has 81 heavy (non-hydrogen) atoms. The normalized spacial score (nSPS) is 12.0. The second-order valence-electron chi connectivity index (χ2n) is 25.6. The minimum Gasteiger partial charge on any atom is -0.462 e. The number of carbonyl (C=O) groups is 3. The summed E-state index contributed by atoms with van der Waals surface area (Å²) in [7, 11) is 0. The van der Waals surface area contributed by atoms with E-state index in [0.29, 0.717) is 19.3 Å². The van der Waals surface area contributed by atoms with Crippen molar-refractivity contribution in [1.29, 1.82) is 0 Å². The van der Waals surface area contributed by atoms with Gasteiger partial charge in [-0.15, -0.1) is 0 Å². The van der Waals surface area contributed by atoms with Crippen molar-refractivity contribution < 1.29 is 28.6 Å². The number of hydrogen-bond acceptors (Lipinski definition) is 6. The topological polar surface area (TPSA) is 78.9 Å². The van der Waals surface area contributed by atoms with Gasteiger partial charge in [-0.2, -0.15) is 0 Å². The van der Waals surface area contributed by atoms with Crippen molar-refractivity contribution in [3.05, 3.63) is 12.2 Å². The lowest BCUT2D eigenvalue weighted by Crippen LogP contribution is -2.30. The number of unbranched alkanes of at least 4 members (excludes halogenated alkanes) is 57. The van der Waals surface area contributed by atoms with Crippen LogP contribution in [0, 0.1) is 0 Å². The molecule has 0 aliphatic rings. The Hall–Kier alpha value is -1.85. The molecule has 0 saturated heterocycles. The van der Waals surface area contributed by atoms with Crippen LogP contribution in [0.15, 0.2) is 12.2 Å². The zero-order valence-corrected chi connectivity index (χ0v) is 55.4. The molecule has 0 radical (unpaired) electrons. The van der Waals surface area contributed by atoms with Gasteiger partial charge in [-0.1, -0.05) is 386 Å². The molecule has 6 heteroatoms. The second-order valence-corrected chi connectivity index (χ2v) is 25.6. The number of hydrogen-bond donors (Lipinski definition) is 0. The summed E-state index contributed by atoms with van der Waals surface area (Å²) in [4.78, 5) is 38.3. The summed E-state index contributed by atoms with van der Waals surface area (Å²) >= 11 is 0. The van der Waals surface area contributed by atoms with E-state index in [1.54, 1.807) is 0 Å². The van der Waals surface area contributed by atoms with E-state index in [2.05, 4.69) is 32.9 Å². The van der Waals surface area contributed by atoms with Gasteiger partial charge in [0.1, 0.15) is 13.2 Å². The van der Waals surface area contributed by atoms with Gasteiger partial charge in [-0.3, -0.25) is 14.4 Å². The summed E-state index contributed by atoms with van der Waals surface area (Å²) < 4.78 is 17.0. The van der Waals surface area contributed by atoms with Crippen LogP contribution in [0.2, 0.25) is 0 Å². The number of allylic oxidation sites excluding steroid dienone is 2. The van der Waals surface area contributed by atoms with Crippen molar-refractivity contribution >= 4 is 17.9 Å². The highest BCUT2D eigenvalue weighted by Gasteiger charge is 2.20. The zero-order chi connectivity index (χ0) is 58.5. The lowest BCUT2D eigenvalue weighted by molar-refractivity contribution is -0.167. The zero-order valence-electron chi connectivity index (χ0n) is 55.4. The molecule has 0 fully saturated rings. The Bertz CT molecular complexity index is 1260. The summed E-state index contributed by atoms with van der Waals surface area (Å²) in [5.41, 5.74) is 0. The lowest BCUT2D eigenvalue weighted by Gasteiger charge is -2.18. The largest absolute Gasteiger partial charge is 0.462 e. The monoisotopic (exact) mass is 1140 g/mol. The Balaban J connectivity index is 4.02. The molecular weight excluding hydrogens is 997 g/mol. The number of rotatable bonds is 70. The van der Waals surface area contributed by atoms with Crippen LogP contribution in [0.4, 0.5) is 0 Å². The highest BCUT2D eigenvalue weighted by Crippen LogP contribution is 2.20. The van der Waals surface area contributed by atoms with Gasteiger partial charge in [0.05, 0.1) is 0 Å². The van der Waals surface area contributed by atoms with Crippen LogP contribution < -0.4 is 0 Å². The standard InChI is InChI=1S/C75H144O6/c1-4-7-10-13-16-19-22-24-26-28-30-32-33-34-35-36-37-38-39-40-41-42-43-44-46-47-49-51-53-56-59-62-65-68-74(77)80-71-72(70-79-73(76)67-64-61-58-55-21-18-15-12-9-6-3)81-75(78)69-66-63-60-57-54-52-50-48-45-31-29-27-25-23-20-17-14-11-8-5-2/h12,15,72H,4-11,13-14,16-71H2,1-3H3/b15-12-. The lowest BCUT2D eigenvalue weighted by atomic mass is 10.0. The molecule has 0 spiro atoms. The molecule has 0 aromatic heterocycles. The van der Waals surface area contributed by atoms with Gasteiger partial charge < -0.3 is 14.2 Å². The van der Waals surface area contributed by atoms with Crippen molar-refractivity contribution in [3.63, 3.8) is 0 Å². The molecule has 1 unspecified atom stereocenters. The first-order valence-electron chi connectivity index (χ1n) is 37.2. The predicted octanol–water partition coefficient (Wildman–Crippen LogP) is 25.6. The third kappa shape index (κ3) is 68.8. The molecule has 0 saturated carbocycles. The molecule has 0 aromatic carbocycles. The van der Waals surface area contributed by atoms with Crippen molar-refractivity contribution in [1.82, 2.24) is 0 Å². The van der Waals surface area contributed by atoms with E-state index in [9.17, 15) is 14.4 Å². The van der Waals surface area contributed by atoms with Crippen molar-refractivity contribution in [3.8, 4) is 0 Å². The smallest absolute Gasteiger partial charge is 0.306 e. The van der Waals surface area contributed by atoms with Crippen LogP contribution >= 0.6 is 0 Å². The van der Waals surface area contributed by atoms with Crippen molar-refractivity contribution in [2.45, 2.75) is 438 Å². The minimum atomic E-state index is -0.769. The van der Waals surface area contributed by atoms with E-state index in [1.807, 2.05) is 0 Å². The molecule has 0 rings (SSSR count). The van der Waals surface area contributed by atoms with Gasteiger partial charge in [0.25, 0.3) is 0 Å². The van der Waals surface area contributed by atoms with E-state index in [4.69, 9.17) is 14.2 Å². The van der Waals surface area contributed by atoms with Gasteiger partial charge in [0.15, 0.2) is 6.10 Å². The maximum absolute atomic E-state index is 12.9. The van der Waals surface area contributed by atoms with Crippen LogP contribution in [-0.2, 0) is 28.6 Å². The predicted molar refractivity (Wildman–Crippen MR) is 353 cm³/mol. The number of esters is 3. The Morgan fingerprint density at radius 2 is 0.432 bits per heavy atom. The van der Waals surface area contributed by atoms with E-state index in [-0.39, 0.29) is 31.1 Å². The number of ether oxygens (including phenoxy) is 3. The van der Waals surface area contributed by atoms with Crippen LogP contribution in [0.5, 0.6) is 0 Å². The van der Waals surface area contributed by atoms with E-state index >= 15 is 0 Å². The SMILES string of the molecule is CCC/C=C\CCCCCCCC(=O)OCC(COC(=O)CCCCCCCCCCCCCCCCCCCCCCCCCCCCCCCCCCC)OC(=O)CCCCCCCCCCCCCCCCCCCCCC. The Kier molecular flexibility index (Phi) is 69.0. The molecule has 0 aromatic rings. The summed E-state index contributed by atoms with van der Waals surface area (Å²) in [6.07, 6.45) is 85.7. The van der Waals surface area contributed by atoms with Crippen molar-refractivity contribution in [2.24, 2.45) is 0 Å². The average molecular weight is 1140 g/mol. The van der Waals surface area contributed by atoms with Crippen LogP contribution in [0.3, 0.4) is 0 Å². The highest BCUT2D eigenvalue weighted by molar-refractivity contribution is 5.71. The molecule has 0 aliphatic carbocycles. The summed E-state index contributed by atoms with van der Waals surface area (Å²) in [5, 5.41) is 0. The molecule has 0 heterocycles. The quantitative estimate of drug-likeness (QED) is 0.0261.